The maximum atomic E-state index is 6.00. The standard InChI is InChI=1S/C16H19N3/c1-12-9-13-5-2-3-7-16(13)19(10-12)11-15-14(17)6-4-8-18-15/h2-8,12H,9-11,17H2,1H3. The van der Waals surface area contributed by atoms with Crippen LogP contribution in [0.3, 0.4) is 0 Å². The number of nitrogens with zero attached hydrogens (tertiary/aromatic N) is 2. The Balaban J connectivity index is 1.91. The molecule has 1 unspecified atom stereocenters. The van der Waals surface area contributed by atoms with Crippen molar-refractivity contribution >= 4 is 11.4 Å². The first kappa shape index (κ1) is 12.0. The molecule has 0 amide bonds. The molecule has 3 heteroatoms. The quantitative estimate of drug-likeness (QED) is 0.895. The largest absolute Gasteiger partial charge is 0.397 e. The van der Waals surface area contributed by atoms with Crippen molar-refractivity contribution in [2.75, 3.05) is 17.2 Å². The summed E-state index contributed by atoms with van der Waals surface area (Å²) in [5, 5.41) is 0. The van der Waals surface area contributed by atoms with Gasteiger partial charge in [0.05, 0.1) is 17.9 Å². The Morgan fingerprint density at radius 2 is 2.11 bits per heavy atom. The Morgan fingerprint density at radius 3 is 2.95 bits per heavy atom. The fourth-order valence-corrected chi connectivity index (χ4v) is 2.82. The molecule has 1 aromatic heterocycles. The number of anilines is 2. The third-order valence-corrected chi connectivity index (χ3v) is 3.70. The SMILES string of the molecule is CC1Cc2ccccc2N(Cc2ncccc2N)C1. The van der Waals surface area contributed by atoms with E-state index in [1.807, 2.05) is 18.3 Å². The van der Waals surface area contributed by atoms with Crippen molar-refractivity contribution in [3.05, 3.63) is 53.9 Å². The van der Waals surface area contributed by atoms with Crippen LogP contribution in [-0.4, -0.2) is 11.5 Å². The fraction of sp³-hybridized carbons (Fsp3) is 0.312. The topological polar surface area (TPSA) is 42.2 Å². The predicted molar refractivity (Wildman–Crippen MR) is 79.0 cm³/mol. The second kappa shape index (κ2) is 4.92. The molecule has 0 saturated heterocycles. The predicted octanol–water partition coefficient (Wildman–Crippen LogP) is 2.86. The lowest BCUT2D eigenvalue weighted by molar-refractivity contribution is 0.529. The lowest BCUT2D eigenvalue weighted by Gasteiger charge is -2.34. The van der Waals surface area contributed by atoms with Crippen LogP contribution in [0.15, 0.2) is 42.6 Å². The molecule has 2 aromatic rings. The number of fused-ring (bicyclic) bond motifs is 1. The highest BCUT2D eigenvalue weighted by Gasteiger charge is 2.22. The van der Waals surface area contributed by atoms with Crippen molar-refractivity contribution in [1.29, 1.82) is 0 Å². The van der Waals surface area contributed by atoms with E-state index in [0.29, 0.717) is 5.92 Å². The van der Waals surface area contributed by atoms with Gasteiger partial charge in [0.1, 0.15) is 0 Å². The van der Waals surface area contributed by atoms with Gasteiger partial charge in [-0.15, -0.1) is 0 Å². The summed E-state index contributed by atoms with van der Waals surface area (Å²) >= 11 is 0. The van der Waals surface area contributed by atoms with Crippen LogP contribution in [0.4, 0.5) is 11.4 Å². The van der Waals surface area contributed by atoms with Gasteiger partial charge < -0.3 is 10.6 Å². The maximum Gasteiger partial charge on any atom is 0.0825 e. The van der Waals surface area contributed by atoms with Gasteiger partial charge in [-0.3, -0.25) is 4.98 Å². The number of benzene rings is 1. The zero-order valence-corrected chi connectivity index (χ0v) is 11.2. The van der Waals surface area contributed by atoms with Crippen LogP contribution in [-0.2, 0) is 13.0 Å². The lowest BCUT2D eigenvalue weighted by Crippen LogP contribution is -2.34. The highest BCUT2D eigenvalue weighted by Crippen LogP contribution is 2.30. The Labute approximate surface area is 114 Å². The van der Waals surface area contributed by atoms with Crippen LogP contribution in [0.5, 0.6) is 0 Å². The number of para-hydroxylation sites is 1. The van der Waals surface area contributed by atoms with Crippen molar-refractivity contribution in [1.82, 2.24) is 4.98 Å². The van der Waals surface area contributed by atoms with Crippen LogP contribution in [0.1, 0.15) is 18.2 Å². The van der Waals surface area contributed by atoms with Crippen LogP contribution in [0, 0.1) is 5.92 Å². The van der Waals surface area contributed by atoms with Crippen LogP contribution < -0.4 is 10.6 Å². The van der Waals surface area contributed by atoms with Crippen molar-refractivity contribution in [2.24, 2.45) is 5.92 Å². The fourth-order valence-electron chi connectivity index (χ4n) is 2.82. The van der Waals surface area contributed by atoms with Gasteiger partial charge in [0.15, 0.2) is 0 Å². The summed E-state index contributed by atoms with van der Waals surface area (Å²) in [6.45, 7) is 4.14. The smallest absolute Gasteiger partial charge is 0.0825 e. The Kier molecular flexibility index (Phi) is 3.11. The molecule has 0 spiro atoms. The minimum atomic E-state index is 0.667. The molecule has 0 aliphatic carbocycles. The minimum absolute atomic E-state index is 0.667. The lowest BCUT2D eigenvalue weighted by atomic mass is 9.94. The van der Waals surface area contributed by atoms with Gasteiger partial charge in [-0.05, 0) is 36.1 Å². The van der Waals surface area contributed by atoms with Crippen molar-refractivity contribution in [3.63, 3.8) is 0 Å². The number of aromatic nitrogens is 1. The van der Waals surface area contributed by atoms with E-state index in [0.717, 1.165) is 30.9 Å². The van der Waals surface area contributed by atoms with Gasteiger partial charge in [0.25, 0.3) is 0 Å². The Morgan fingerprint density at radius 1 is 1.26 bits per heavy atom. The van der Waals surface area contributed by atoms with E-state index >= 15 is 0 Å². The third-order valence-electron chi connectivity index (χ3n) is 3.70. The minimum Gasteiger partial charge on any atom is -0.397 e. The Bertz CT molecular complexity index is 580. The number of hydrogen-bond donors (Lipinski definition) is 1. The summed E-state index contributed by atoms with van der Waals surface area (Å²) in [4.78, 5) is 6.79. The van der Waals surface area contributed by atoms with E-state index in [9.17, 15) is 0 Å². The highest BCUT2D eigenvalue weighted by molar-refractivity contribution is 5.57. The number of nitrogens with two attached hydrogens (primary N) is 1. The van der Waals surface area contributed by atoms with Crippen LogP contribution >= 0.6 is 0 Å². The molecule has 3 rings (SSSR count). The van der Waals surface area contributed by atoms with Crippen molar-refractivity contribution in [2.45, 2.75) is 19.9 Å². The van der Waals surface area contributed by atoms with Gasteiger partial charge in [-0.1, -0.05) is 25.1 Å². The summed E-state index contributed by atoms with van der Waals surface area (Å²) in [6.07, 6.45) is 2.97. The number of pyridine rings is 1. The molecule has 2 heterocycles. The Hall–Kier alpha value is -2.03. The number of hydrogen-bond acceptors (Lipinski definition) is 3. The van der Waals surface area contributed by atoms with E-state index in [1.165, 1.54) is 11.3 Å². The van der Waals surface area contributed by atoms with Crippen LogP contribution in [0.25, 0.3) is 0 Å². The molecule has 2 N–H and O–H groups in total. The molecule has 1 atom stereocenters. The van der Waals surface area contributed by atoms with Gasteiger partial charge >= 0.3 is 0 Å². The molecule has 1 aromatic carbocycles. The molecule has 3 nitrogen and oxygen atoms in total. The summed E-state index contributed by atoms with van der Waals surface area (Å²) in [7, 11) is 0. The number of nitrogen functional groups attached to an aromatic ring is 1. The average molecular weight is 253 g/mol. The highest BCUT2D eigenvalue weighted by atomic mass is 15.1. The number of rotatable bonds is 2. The van der Waals surface area contributed by atoms with Gasteiger partial charge in [0, 0.05) is 18.4 Å². The first-order chi connectivity index (χ1) is 9.24. The summed E-state index contributed by atoms with van der Waals surface area (Å²) in [5.41, 5.74) is 10.5. The third kappa shape index (κ3) is 2.41. The molecule has 0 saturated carbocycles. The molecular weight excluding hydrogens is 234 g/mol. The monoisotopic (exact) mass is 253 g/mol. The zero-order chi connectivity index (χ0) is 13.2. The zero-order valence-electron chi connectivity index (χ0n) is 11.2. The molecule has 19 heavy (non-hydrogen) atoms. The first-order valence-electron chi connectivity index (χ1n) is 6.76. The van der Waals surface area contributed by atoms with E-state index in [2.05, 4.69) is 41.1 Å². The summed E-state index contributed by atoms with van der Waals surface area (Å²) in [6, 6.07) is 12.4. The van der Waals surface area contributed by atoms with Gasteiger partial charge in [0.2, 0.25) is 0 Å². The molecule has 98 valence electrons. The molecule has 0 fully saturated rings. The van der Waals surface area contributed by atoms with Crippen LogP contribution in [0.2, 0.25) is 0 Å². The summed E-state index contributed by atoms with van der Waals surface area (Å²) in [5.74, 6) is 0.667. The van der Waals surface area contributed by atoms with E-state index in [4.69, 9.17) is 5.73 Å². The van der Waals surface area contributed by atoms with Gasteiger partial charge in [-0.2, -0.15) is 0 Å². The molecule has 0 radical (unpaired) electrons. The summed E-state index contributed by atoms with van der Waals surface area (Å²) < 4.78 is 0. The van der Waals surface area contributed by atoms with Crippen molar-refractivity contribution < 1.29 is 0 Å². The second-order valence-electron chi connectivity index (χ2n) is 5.36. The molecule has 1 aliphatic heterocycles. The van der Waals surface area contributed by atoms with Crippen molar-refractivity contribution in [3.8, 4) is 0 Å². The second-order valence-corrected chi connectivity index (χ2v) is 5.36. The van der Waals surface area contributed by atoms with E-state index in [-0.39, 0.29) is 0 Å². The molecular formula is C16H19N3. The van der Waals surface area contributed by atoms with E-state index < -0.39 is 0 Å². The average Bonchev–Trinajstić information content (AvgIpc) is 2.41. The normalized spacial score (nSPS) is 18.2. The van der Waals surface area contributed by atoms with Gasteiger partial charge in [-0.25, -0.2) is 0 Å². The molecule has 0 bridgehead atoms. The molecule has 1 aliphatic rings. The first-order valence-corrected chi connectivity index (χ1v) is 6.76. The van der Waals surface area contributed by atoms with E-state index in [1.54, 1.807) is 0 Å². The maximum absolute atomic E-state index is 6.00.